The van der Waals surface area contributed by atoms with Crippen LogP contribution in [-0.2, 0) is 0 Å². The Hall–Kier alpha value is -3.02. The normalized spacial score (nSPS) is 15.6. The zero-order chi connectivity index (χ0) is 17.3. The molecule has 0 saturated heterocycles. The van der Waals surface area contributed by atoms with Crippen molar-refractivity contribution >= 4 is 17.5 Å². The van der Waals surface area contributed by atoms with Gasteiger partial charge in [0.1, 0.15) is 11.6 Å². The number of nitro groups is 1. The highest BCUT2D eigenvalue weighted by atomic mass is 19.1. The molecule has 0 bridgehead atoms. The number of halogens is 1. The summed E-state index contributed by atoms with van der Waals surface area (Å²) in [6, 6.07) is 8.59. The van der Waals surface area contributed by atoms with Crippen LogP contribution in [0.1, 0.15) is 27.9 Å². The highest BCUT2D eigenvalue weighted by Gasteiger charge is 2.22. The first-order valence-electron chi connectivity index (χ1n) is 7.38. The lowest BCUT2D eigenvalue weighted by Crippen LogP contribution is -2.03. The molecule has 3 rings (SSSR count). The van der Waals surface area contributed by atoms with Crippen LogP contribution in [0.15, 0.2) is 42.0 Å². The van der Waals surface area contributed by atoms with E-state index >= 15 is 0 Å². The van der Waals surface area contributed by atoms with Crippen molar-refractivity contribution in [2.45, 2.75) is 13.3 Å². The minimum atomic E-state index is -0.516. The zero-order valence-corrected chi connectivity index (χ0v) is 12.9. The van der Waals surface area contributed by atoms with Crippen LogP contribution in [0.3, 0.4) is 0 Å². The topological polar surface area (TPSA) is 69.4 Å². The fraction of sp³-hybridized carbons (Fsp3) is 0.167. The van der Waals surface area contributed by atoms with E-state index < -0.39 is 10.7 Å². The largest absolute Gasteiger partial charge is 0.492 e. The maximum absolute atomic E-state index is 13.4. The van der Waals surface area contributed by atoms with E-state index in [1.165, 1.54) is 18.2 Å². The minimum absolute atomic E-state index is 0.00637. The molecule has 5 nitrogen and oxygen atoms in total. The number of hydrogen-bond donors (Lipinski definition) is 0. The zero-order valence-electron chi connectivity index (χ0n) is 12.9. The summed E-state index contributed by atoms with van der Waals surface area (Å²) in [5.74, 6) is -0.497. The van der Waals surface area contributed by atoms with Gasteiger partial charge >= 0.3 is 0 Å². The average molecular weight is 327 g/mol. The summed E-state index contributed by atoms with van der Waals surface area (Å²) in [5, 5.41) is 11.0. The third-order valence-corrected chi connectivity index (χ3v) is 3.88. The molecule has 0 fully saturated rings. The van der Waals surface area contributed by atoms with Gasteiger partial charge in [-0.2, -0.15) is 0 Å². The monoisotopic (exact) mass is 327 g/mol. The molecule has 0 amide bonds. The summed E-state index contributed by atoms with van der Waals surface area (Å²) in [4.78, 5) is 23.2. The first-order chi connectivity index (χ1) is 11.5. The SMILES string of the molecule is Cc1ccc(/C=C2\CCOc3ccc(F)cc3C2=O)cc1[N+](=O)[O-]. The third-order valence-electron chi connectivity index (χ3n) is 3.88. The van der Waals surface area contributed by atoms with E-state index in [0.29, 0.717) is 28.9 Å². The molecule has 1 aliphatic rings. The second kappa shape index (κ2) is 6.23. The smallest absolute Gasteiger partial charge is 0.272 e. The minimum Gasteiger partial charge on any atom is -0.492 e. The Morgan fingerprint density at radius 3 is 2.79 bits per heavy atom. The number of fused-ring (bicyclic) bond motifs is 1. The highest BCUT2D eigenvalue weighted by molar-refractivity contribution is 6.13. The number of Topliss-reactive ketones (excluding diaryl/α,β-unsaturated/α-hetero) is 1. The molecule has 0 saturated carbocycles. The predicted molar refractivity (Wildman–Crippen MR) is 86.7 cm³/mol. The number of ether oxygens (including phenoxy) is 1. The lowest BCUT2D eigenvalue weighted by molar-refractivity contribution is -0.385. The second-order valence-corrected chi connectivity index (χ2v) is 5.54. The van der Waals surface area contributed by atoms with Crippen molar-refractivity contribution in [3.8, 4) is 5.75 Å². The van der Waals surface area contributed by atoms with E-state index in [-0.39, 0.29) is 23.6 Å². The van der Waals surface area contributed by atoms with Crippen molar-refractivity contribution < 1.29 is 18.8 Å². The van der Waals surface area contributed by atoms with Gasteiger partial charge < -0.3 is 4.74 Å². The van der Waals surface area contributed by atoms with Gasteiger partial charge in [-0.15, -0.1) is 0 Å². The number of benzene rings is 2. The maximum atomic E-state index is 13.4. The van der Waals surface area contributed by atoms with E-state index in [4.69, 9.17) is 4.74 Å². The first-order valence-corrected chi connectivity index (χ1v) is 7.38. The van der Waals surface area contributed by atoms with E-state index in [1.54, 1.807) is 25.1 Å². The van der Waals surface area contributed by atoms with E-state index in [1.807, 2.05) is 0 Å². The molecule has 0 spiro atoms. The molecular formula is C18H14FNO4. The molecule has 0 N–H and O–H groups in total. The van der Waals surface area contributed by atoms with Crippen LogP contribution in [-0.4, -0.2) is 17.3 Å². The van der Waals surface area contributed by atoms with Gasteiger partial charge in [-0.05, 0) is 36.8 Å². The van der Waals surface area contributed by atoms with Crippen molar-refractivity contribution in [1.82, 2.24) is 0 Å². The number of carbonyl (C=O) groups excluding carboxylic acids is 1. The van der Waals surface area contributed by atoms with Gasteiger partial charge in [0, 0.05) is 23.6 Å². The van der Waals surface area contributed by atoms with Crippen LogP contribution in [0, 0.1) is 22.9 Å². The van der Waals surface area contributed by atoms with Crippen molar-refractivity contribution in [3.05, 3.63) is 74.6 Å². The Morgan fingerprint density at radius 1 is 1.25 bits per heavy atom. The van der Waals surface area contributed by atoms with Gasteiger partial charge in [-0.25, -0.2) is 4.39 Å². The van der Waals surface area contributed by atoms with E-state index in [0.717, 1.165) is 6.07 Å². The Labute approximate surface area is 137 Å². The van der Waals surface area contributed by atoms with Crippen LogP contribution in [0.25, 0.3) is 6.08 Å². The Morgan fingerprint density at radius 2 is 2.04 bits per heavy atom. The summed E-state index contributed by atoms with van der Waals surface area (Å²) in [6.45, 7) is 1.93. The lowest BCUT2D eigenvalue weighted by Gasteiger charge is -2.05. The lowest BCUT2D eigenvalue weighted by atomic mass is 9.98. The van der Waals surface area contributed by atoms with Crippen molar-refractivity contribution in [1.29, 1.82) is 0 Å². The molecule has 2 aromatic rings. The fourth-order valence-electron chi connectivity index (χ4n) is 2.61. The number of ketones is 1. The van der Waals surface area contributed by atoms with Gasteiger partial charge in [0.25, 0.3) is 5.69 Å². The number of carbonyl (C=O) groups is 1. The van der Waals surface area contributed by atoms with Gasteiger partial charge in [0.05, 0.1) is 17.1 Å². The predicted octanol–water partition coefficient (Wildman–Crippen LogP) is 4.09. The highest BCUT2D eigenvalue weighted by Crippen LogP contribution is 2.29. The van der Waals surface area contributed by atoms with E-state index in [9.17, 15) is 19.3 Å². The van der Waals surface area contributed by atoms with E-state index in [2.05, 4.69) is 0 Å². The molecule has 0 aromatic heterocycles. The van der Waals surface area contributed by atoms with Crippen molar-refractivity contribution in [2.24, 2.45) is 0 Å². The Kier molecular flexibility index (Phi) is 4.12. The van der Waals surface area contributed by atoms with Crippen molar-refractivity contribution in [3.63, 3.8) is 0 Å². The summed E-state index contributed by atoms with van der Waals surface area (Å²) >= 11 is 0. The molecule has 122 valence electrons. The van der Waals surface area contributed by atoms with Crippen LogP contribution < -0.4 is 4.74 Å². The maximum Gasteiger partial charge on any atom is 0.272 e. The second-order valence-electron chi connectivity index (χ2n) is 5.54. The van der Waals surface area contributed by atoms with Gasteiger partial charge in [0.15, 0.2) is 5.78 Å². The molecule has 6 heteroatoms. The van der Waals surface area contributed by atoms with Gasteiger partial charge in [-0.3, -0.25) is 14.9 Å². The van der Waals surface area contributed by atoms with Crippen LogP contribution in [0.2, 0.25) is 0 Å². The molecule has 0 atom stereocenters. The van der Waals surface area contributed by atoms with Gasteiger partial charge in [-0.1, -0.05) is 12.1 Å². The molecule has 0 unspecified atom stereocenters. The molecule has 1 heterocycles. The van der Waals surface area contributed by atoms with Crippen LogP contribution in [0.5, 0.6) is 5.75 Å². The van der Waals surface area contributed by atoms with Crippen LogP contribution in [0.4, 0.5) is 10.1 Å². The summed E-state index contributed by atoms with van der Waals surface area (Å²) < 4.78 is 18.9. The molecular weight excluding hydrogens is 313 g/mol. The third kappa shape index (κ3) is 3.03. The number of nitro benzene ring substituents is 1. The van der Waals surface area contributed by atoms with Gasteiger partial charge in [0.2, 0.25) is 0 Å². The fourth-order valence-corrected chi connectivity index (χ4v) is 2.61. The molecule has 24 heavy (non-hydrogen) atoms. The van der Waals surface area contributed by atoms with Crippen LogP contribution >= 0.6 is 0 Å². The summed E-state index contributed by atoms with van der Waals surface area (Å²) in [6.07, 6.45) is 1.94. The number of hydrogen-bond acceptors (Lipinski definition) is 4. The van der Waals surface area contributed by atoms with Crippen molar-refractivity contribution in [2.75, 3.05) is 6.61 Å². The number of aryl methyl sites for hydroxylation is 1. The standard InChI is InChI=1S/C18H14FNO4/c1-11-2-3-12(9-16(11)20(22)23)8-13-6-7-24-17-5-4-14(19)10-15(17)18(13)21/h2-5,8-10H,6-7H2,1H3/b13-8+. The quantitative estimate of drug-likeness (QED) is 0.473. The average Bonchev–Trinajstić information content (AvgIpc) is 2.69. The Bertz CT molecular complexity index is 873. The summed E-state index contributed by atoms with van der Waals surface area (Å²) in [5.41, 5.74) is 1.69. The number of nitrogens with zero attached hydrogens (tertiary/aromatic N) is 1. The summed E-state index contributed by atoms with van der Waals surface area (Å²) in [7, 11) is 0. The molecule has 1 aliphatic heterocycles. The molecule has 0 aliphatic carbocycles. The number of rotatable bonds is 2. The Balaban J connectivity index is 2.03. The molecule has 0 radical (unpaired) electrons. The first kappa shape index (κ1) is 15.9. The molecule has 2 aromatic carbocycles.